The average Bonchev–Trinajstić information content (AvgIpc) is 2.44. The van der Waals surface area contributed by atoms with Crippen LogP contribution in [0.25, 0.3) is 10.8 Å². The Morgan fingerprint density at radius 2 is 1.70 bits per heavy atom. The van der Waals surface area contributed by atoms with E-state index in [1.54, 1.807) is 20.9 Å². The first-order valence-electron chi connectivity index (χ1n) is 6.81. The summed E-state index contributed by atoms with van der Waals surface area (Å²) in [6, 6.07) is 14.0. The smallest absolute Gasteiger partial charge is 0.154 e. The van der Waals surface area contributed by atoms with E-state index in [1.807, 2.05) is 30.3 Å². The second kappa shape index (κ2) is 5.94. The van der Waals surface area contributed by atoms with E-state index in [2.05, 4.69) is 17.4 Å². The fourth-order valence-corrected chi connectivity index (χ4v) is 3.40. The fraction of sp³-hybridized carbons (Fsp3) is 0.375. The number of nitrogens with one attached hydrogen (secondary N) is 1. The number of hydrogen-bond donors (Lipinski definition) is 1. The van der Waals surface area contributed by atoms with Gasteiger partial charge in [-0.1, -0.05) is 36.4 Å². The molecule has 1 N–H and O–H groups in total. The number of fused-ring (bicyclic) bond motifs is 1. The average molecular weight is 291 g/mol. The lowest BCUT2D eigenvalue weighted by Gasteiger charge is -2.19. The maximum atomic E-state index is 12.1. The summed E-state index contributed by atoms with van der Waals surface area (Å²) in [6.45, 7) is 3.45. The molecule has 0 spiro atoms. The highest BCUT2D eigenvalue weighted by Crippen LogP contribution is 2.22. The Hall–Kier alpha value is -1.39. The van der Waals surface area contributed by atoms with Crippen molar-refractivity contribution in [2.24, 2.45) is 0 Å². The lowest BCUT2D eigenvalue weighted by atomic mass is 10.0. The molecule has 4 heteroatoms. The van der Waals surface area contributed by atoms with Gasteiger partial charge in [-0.3, -0.25) is 0 Å². The van der Waals surface area contributed by atoms with Crippen molar-refractivity contribution in [3.8, 4) is 0 Å². The van der Waals surface area contributed by atoms with Gasteiger partial charge in [0.15, 0.2) is 9.84 Å². The van der Waals surface area contributed by atoms with Crippen molar-refractivity contribution in [1.82, 2.24) is 5.32 Å². The van der Waals surface area contributed by atoms with Gasteiger partial charge in [0.05, 0.1) is 11.0 Å². The second-order valence-electron chi connectivity index (χ2n) is 5.33. The summed E-state index contributed by atoms with van der Waals surface area (Å²) in [7, 11) is -1.27. The minimum absolute atomic E-state index is 0.125. The van der Waals surface area contributed by atoms with Gasteiger partial charge in [0.1, 0.15) is 0 Å². The Kier molecular flexibility index (Phi) is 4.45. The van der Waals surface area contributed by atoms with Crippen molar-refractivity contribution in [2.45, 2.75) is 25.1 Å². The molecule has 1 unspecified atom stereocenters. The van der Waals surface area contributed by atoms with Gasteiger partial charge >= 0.3 is 0 Å². The molecule has 0 amide bonds. The third kappa shape index (κ3) is 3.19. The number of hydrogen-bond acceptors (Lipinski definition) is 3. The highest BCUT2D eigenvalue weighted by molar-refractivity contribution is 7.92. The predicted octanol–water partition coefficient (Wildman–Crippen LogP) is 2.92. The molecule has 0 saturated heterocycles. The first-order valence-corrected chi connectivity index (χ1v) is 8.53. The Balaban J connectivity index is 2.35. The monoisotopic (exact) mass is 291 g/mol. The summed E-state index contributed by atoms with van der Waals surface area (Å²) in [5.74, 6) is 0.125. The molecule has 0 heterocycles. The first kappa shape index (κ1) is 15.0. The molecule has 3 nitrogen and oxygen atoms in total. The maximum absolute atomic E-state index is 12.1. The van der Waals surface area contributed by atoms with Crippen molar-refractivity contribution in [3.05, 3.63) is 48.0 Å². The molecule has 2 aromatic rings. The Morgan fingerprint density at radius 1 is 1.05 bits per heavy atom. The van der Waals surface area contributed by atoms with Crippen molar-refractivity contribution in [1.29, 1.82) is 0 Å². The lowest BCUT2D eigenvalue weighted by molar-refractivity contribution is 0.566. The summed E-state index contributed by atoms with van der Waals surface area (Å²) < 4.78 is 24.2. The Labute approximate surface area is 120 Å². The van der Waals surface area contributed by atoms with Crippen LogP contribution in [-0.4, -0.2) is 26.5 Å². The molecule has 2 aromatic carbocycles. The van der Waals surface area contributed by atoms with Gasteiger partial charge in [-0.25, -0.2) is 8.42 Å². The summed E-state index contributed by atoms with van der Waals surface area (Å²) in [6.07, 6.45) is 0. The fourth-order valence-electron chi connectivity index (χ4n) is 2.20. The van der Waals surface area contributed by atoms with E-state index in [1.165, 1.54) is 0 Å². The molecule has 0 aliphatic rings. The molecule has 1 atom stereocenters. The van der Waals surface area contributed by atoms with Crippen LogP contribution in [0, 0.1) is 0 Å². The minimum atomic E-state index is -3.07. The molecule has 20 heavy (non-hydrogen) atoms. The van der Waals surface area contributed by atoms with Crippen LogP contribution in [0.1, 0.15) is 25.5 Å². The quantitative estimate of drug-likeness (QED) is 0.921. The summed E-state index contributed by atoms with van der Waals surface area (Å²) in [5, 5.41) is 5.06. The molecule has 108 valence electrons. The normalized spacial score (nSPS) is 13.8. The standard InChI is InChI=1S/C16H21NO2S/c1-12(2)20(18,19)11-16(17-3)15-9-8-13-6-4-5-7-14(13)10-15/h4-10,12,16-17H,11H2,1-3H3. The van der Waals surface area contributed by atoms with Crippen LogP contribution < -0.4 is 5.32 Å². The highest BCUT2D eigenvalue weighted by Gasteiger charge is 2.22. The third-order valence-electron chi connectivity index (χ3n) is 3.64. The van der Waals surface area contributed by atoms with Crippen molar-refractivity contribution in [2.75, 3.05) is 12.8 Å². The van der Waals surface area contributed by atoms with Gasteiger partial charge in [0.25, 0.3) is 0 Å². The van der Waals surface area contributed by atoms with Crippen LogP contribution in [-0.2, 0) is 9.84 Å². The zero-order valence-electron chi connectivity index (χ0n) is 12.1. The molecular weight excluding hydrogens is 270 g/mol. The van der Waals surface area contributed by atoms with E-state index < -0.39 is 9.84 Å². The summed E-state index contributed by atoms with van der Waals surface area (Å²) in [5.41, 5.74) is 1.01. The predicted molar refractivity (Wildman–Crippen MR) is 84.7 cm³/mol. The first-order chi connectivity index (χ1) is 9.44. The van der Waals surface area contributed by atoms with Crippen LogP contribution in [0.5, 0.6) is 0 Å². The van der Waals surface area contributed by atoms with Gasteiger partial charge in [-0.15, -0.1) is 0 Å². The van der Waals surface area contributed by atoms with Crippen LogP contribution in [0.2, 0.25) is 0 Å². The van der Waals surface area contributed by atoms with Crippen molar-refractivity contribution < 1.29 is 8.42 Å². The number of rotatable bonds is 5. The van der Waals surface area contributed by atoms with Gasteiger partial charge in [0.2, 0.25) is 0 Å². The number of benzene rings is 2. The van der Waals surface area contributed by atoms with E-state index in [0.717, 1.165) is 16.3 Å². The molecule has 0 aromatic heterocycles. The van der Waals surface area contributed by atoms with Gasteiger partial charge in [-0.2, -0.15) is 0 Å². The van der Waals surface area contributed by atoms with Gasteiger partial charge in [-0.05, 0) is 43.3 Å². The highest BCUT2D eigenvalue weighted by atomic mass is 32.2. The lowest BCUT2D eigenvalue weighted by Crippen LogP contribution is -2.29. The molecule has 2 rings (SSSR count). The van der Waals surface area contributed by atoms with E-state index >= 15 is 0 Å². The second-order valence-corrected chi connectivity index (χ2v) is 7.93. The minimum Gasteiger partial charge on any atom is -0.312 e. The van der Waals surface area contributed by atoms with E-state index in [0.29, 0.717) is 0 Å². The molecular formula is C16H21NO2S. The maximum Gasteiger partial charge on any atom is 0.154 e. The zero-order chi connectivity index (χ0) is 14.8. The van der Waals surface area contributed by atoms with Crippen LogP contribution in [0.3, 0.4) is 0 Å². The Bertz CT molecular complexity index is 692. The van der Waals surface area contributed by atoms with E-state index in [4.69, 9.17) is 0 Å². The largest absolute Gasteiger partial charge is 0.312 e. The molecule has 0 fully saturated rings. The third-order valence-corrected chi connectivity index (χ3v) is 5.88. The van der Waals surface area contributed by atoms with Gasteiger partial charge < -0.3 is 5.32 Å². The van der Waals surface area contributed by atoms with Gasteiger partial charge in [0, 0.05) is 6.04 Å². The zero-order valence-corrected chi connectivity index (χ0v) is 12.9. The van der Waals surface area contributed by atoms with E-state index in [-0.39, 0.29) is 17.0 Å². The van der Waals surface area contributed by atoms with Crippen LogP contribution in [0.4, 0.5) is 0 Å². The molecule has 0 aliphatic heterocycles. The molecule has 0 radical (unpaired) electrons. The molecule has 0 aliphatic carbocycles. The molecule has 0 bridgehead atoms. The Morgan fingerprint density at radius 3 is 2.30 bits per heavy atom. The summed E-state index contributed by atoms with van der Waals surface area (Å²) in [4.78, 5) is 0. The topological polar surface area (TPSA) is 46.2 Å². The van der Waals surface area contributed by atoms with Crippen LogP contribution in [0.15, 0.2) is 42.5 Å². The SMILES string of the molecule is CNC(CS(=O)(=O)C(C)C)c1ccc2ccccc2c1. The number of sulfone groups is 1. The van der Waals surface area contributed by atoms with Crippen LogP contribution >= 0.6 is 0 Å². The van der Waals surface area contributed by atoms with Crippen molar-refractivity contribution >= 4 is 20.6 Å². The molecule has 0 saturated carbocycles. The summed E-state index contributed by atoms with van der Waals surface area (Å²) >= 11 is 0. The van der Waals surface area contributed by atoms with E-state index in [9.17, 15) is 8.42 Å². The van der Waals surface area contributed by atoms with Crippen molar-refractivity contribution in [3.63, 3.8) is 0 Å².